The molecule has 11 aromatic rings. The van der Waals surface area contributed by atoms with Crippen LogP contribution in [0.2, 0.25) is 0 Å². The lowest BCUT2D eigenvalue weighted by Crippen LogP contribution is -2.37. The Morgan fingerprint density at radius 1 is 0.511 bits per heavy atom. The van der Waals surface area contributed by atoms with Crippen LogP contribution in [-0.2, 0) is 22.4 Å². The Bertz CT molecular complexity index is 5360. The molecule has 4 aliphatic rings. The van der Waals surface area contributed by atoms with Gasteiger partial charge >= 0.3 is 0 Å². The zero-order chi connectivity index (χ0) is 93.8. The van der Waals surface area contributed by atoms with Gasteiger partial charge in [-0.15, -0.1) is 12.3 Å². The summed E-state index contributed by atoms with van der Waals surface area (Å²) in [5.41, 5.74) is 9.04. The number of terminal acetylenes is 1. The first-order valence-corrected chi connectivity index (χ1v) is 47.3. The van der Waals surface area contributed by atoms with Crippen LogP contribution in [0.15, 0.2) is 162 Å². The second kappa shape index (κ2) is 52.3. The van der Waals surface area contributed by atoms with Crippen molar-refractivity contribution in [3.63, 3.8) is 0 Å². The van der Waals surface area contributed by atoms with Crippen LogP contribution in [0.25, 0.3) is 79.2 Å². The number of ether oxygens (including phenoxy) is 6. The van der Waals surface area contributed by atoms with E-state index in [4.69, 9.17) is 79.1 Å². The minimum atomic E-state index is -0.599. The lowest BCUT2D eigenvalue weighted by atomic mass is 10.1. The molecule has 15 rings (SSSR count). The van der Waals surface area contributed by atoms with E-state index in [9.17, 15) is 20.4 Å². The van der Waals surface area contributed by atoms with Crippen LogP contribution in [-0.4, -0.2) is 268 Å². The number of nitrogens with zero attached hydrogens (tertiary/aromatic N) is 15. The molecule has 10 heterocycles. The van der Waals surface area contributed by atoms with E-state index in [1.165, 1.54) is 51.4 Å². The first kappa shape index (κ1) is 101. The number of rotatable bonds is 41. The zero-order valence-electron chi connectivity index (χ0n) is 79.6. The largest absolute Gasteiger partial charge is 0.491 e. The molecule has 4 saturated heterocycles. The predicted octanol–water partition coefficient (Wildman–Crippen LogP) is 13.7. The highest BCUT2D eigenvalue weighted by molar-refractivity contribution is 5.83. The molecule has 4 unspecified atom stereocenters. The second-order valence-electron chi connectivity index (χ2n) is 34.9. The summed E-state index contributed by atoms with van der Waals surface area (Å²) in [6.07, 6.45) is 22.5. The van der Waals surface area contributed by atoms with Crippen LogP contribution in [0.4, 0.5) is 29.1 Å². The highest BCUT2D eigenvalue weighted by Crippen LogP contribution is 2.38. The molecule has 0 bridgehead atoms. The SMILES string of the molecule is C#CCCN(C)c1cc(-c2cc3ccccc3o2)nc(-c2cccc(OCC(O)CNC)c2)n1.CCCCCc1cc(-c2cnn(CC(C)C)c2)nc(-c2cccc(OCC(O)CNC)c2)n1.CNCC(O)COc1cccc(-c2nc(N3CCCCC3)c(C)c(N(C)[C@H]3CCOC3)n2)c1.CNCC(O)COc1cccc(-c2nc(N3CCCCC3)cc(N(C)C3CCOCC3)n2)c1. The maximum absolute atomic E-state index is 9.98. The number of hydrogen-bond donors (Lipinski definition) is 8. The molecular weight excluding hydrogens is 1680 g/mol. The maximum Gasteiger partial charge on any atom is 0.164 e. The molecule has 4 fully saturated rings. The normalized spacial score (nSPS) is 15.4. The minimum Gasteiger partial charge on any atom is -0.491 e. The van der Waals surface area contributed by atoms with E-state index in [0.29, 0.717) is 115 Å². The lowest BCUT2D eigenvalue weighted by molar-refractivity contribution is 0.0853. The van der Waals surface area contributed by atoms with Crippen LogP contribution >= 0.6 is 0 Å². The third-order valence-corrected chi connectivity index (χ3v) is 23.6. The average Bonchev–Trinajstić information content (AvgIpc) is 1.63. The highest BCUT2D eigenvalue weighted by atomic mass is 16.5. The fourth-order valence-electron chi connectivity index (χ4n) is 16.3. The van der Waals surface area contributed by atoms with Crippen LogP contribution < -0.4 is 64.7 Å². The van der Waals surface area contributed by atoms with Gasteiger partial charge in [0.2, 0.25) is 0 Å². The molecule has 133 heavy (non-hydrogen) atoms. The fraction of sp³-hybridized carbons (Fsp3) is 0.485. The topological polar surface area (TPSA) is 335 Å². The van der Waals surface area contributed by atoms with Crippen molar-refractivity contribution in [1.82, 2.24) is 70.9 Å². The molecule has 30 nitrogen and oxygen atoms in total. The van der Waals surface area contributed by atoms with Crippen molar-refractivity contribution >= 4 is 40.1 Å². The summed E-state index contributed by atoms with van der Waals surface area (Å²) in [7, 11) is 13.4. The van der Waals surface area contributed by atoms with E-state index >= 15 is 0 Å². The summed E-state index contributed by atoms with van der Waals surface area (Å²) in [6.45, 7) is 20.3. The summed E-state index contributed by atoms with van der Waals surface area (Å²) in [4.78, 5) is 50.7. The van der Waals surface area contributed by atoms with Gasteiger partial charge in [0, 0.05) is 182 Å². The van der Waals surface area contributed by atoms with Crippen molar-refractivity contribution in [2.24, 2.45) is 5.92 Å². The molecule has 8 N–H and O–H groups in total. The van der Waals surface area contributed by atoms with Crippen LogP contribution in [0.1, 0.15) is 115 Å². The number of fused-ring (bicyclic) bond motifs is 1. The second-order valence-corrected chi connectivity index (χ2v) is 34.9. The van der Waals surface area contributed by atoms with Crippen molar-refractivity contribution in [3.8, 4) is 104 Å². The maximum atomic E-state index is 9.98. The van der Waals surface area contributed by atoms with Crippen LogP contribution in [0.3, 0.4) is 0 Å². The van der Waals surface area contributed by atoms with E-state index in [0.717, 1.165) is 176 Å². The molecule has 5 aromatic carbocycles. The molecule has 0 aliphatic carbocycles. The Hall–Kier alpha value is -11.5. The lowest BCUT2D eigenvalue weighted by Gasteiger charge is -2.33. The number of aromatic nitrogens is 10. The zero-order valence-corrected chi connectivity index (χ0v) is 79.6. The molecule has 0 amide bonds. The summed E-state index contributed by atoms with van der Waals surface area (Å²) >= 11 is 0. The van der Waals surface area contributed by atoms with Crippen molar-refractivity contribution < 1.29 is 53.3 Å². The van der Waals surface area contributed by atoms with Crippen molar-refractivity contribution in [3.05, 3.63) is 169 Å². The molecule has 30 heteroatoms. The number of aliphatic hydroxyl groups excluding tert-OH is 4. The molecule has 4 aliphatic heterocycles. The monoisotopic (exact) mass is 1820 g/mol. The number of unbranched alkanes of at least 4 members (excludes halogenated alkanes) is 2. The fourth-order valence-corrected chi connectivity index (χ4v) is 16.3. The van der Waals surface area contributed by atoms with E-state index in [1.807, 2.05) is 170 Å². The van der Waals surface area contributed by atoms with Crippen molar-refractivity contribution in [2.75, 3.05) is 186 Å². The standard InChI is InChI=1S/C27H28N4O3.C26H37N5O2.2C25H37N5O3/c1-4-5-13-31(3)26-16-23(25-15-19-9-6-7-12-24(19)34-25)29-27(30-26)20-10-8-11-22(14-20)33-18-21(32)17-28-2;1-5-6-7-10-22-13-25(21-14-28-31(17-21)16-19(2)3)30-26(29-22)20-9-8-11-24(12-20)33-18-23(32)15-27-4;1-18-24(29(3)20-10-13-32-16-20)27-23(28-25(18)30-11-5-4-6-12-30)19-8-7-9-22(14-19)33-17-21(31)15-26-2;1-26-17-21(31)18-33-22-8-6-7-19(15-22)25-27-23(29(2)20-9-13-32-14-10-20)16-24(28-25)30-11-4-3-5-12-30/h1,6-12,14-16,21,28,32H,5,13,17-18H2,2-3H3;8-9,11-14,17,19,23,27,32H,5-7,10,15-16,18H2,1-4H3;7-9,14,20-21,26,31H,4-6,10-13,15-17H2,1-3H3;6-8,15-16,20-21,26,31H,3-5,9-14,17-18H2,1-2H3/t;;20-,21?;/m..0./s1. The van der Waals surface area contributed by atoms with Gasteiger partial charge in [-0.05, 0) is 178 Å². The third-order valence-electron chi connectivity index (χ3n) is 23.6. The molecule has 5 atom stereocenters. The van der Waals surface area contributed by atoms with E-state index in [-0.39, 0.29) is 26.4 Å². The summed E-state index contributed by atoms with van der Waals surface area (Å²) in [6, 6.07) is 47.7. The Morgan fingerprint density at radius 2 is 1.02 bits per heavy atom. The quantitative estimate of drug-likeness (QED) is 0.0130. The molecule has 0 spiro atoms. The van der Waals surface area contributed by atoms with Gasteiger partial charge < -0.3 is 99.0 Å². The molecule has 0 radical (unpaired) electrons. The van der Waals surface area contributed by atoms with Gasteiger partial charge in [-0.25, -0.2) is 39.9 Å². The number of aryl methyl sites for hydroxylation is 1. The number of hydrogen-bond acceptors (Lipinski definition) is 29. The van der Waals surface area contributed by atoms with Crippen LogP contribution in [0.5, 0.6) is 23.0 Å². The van der Waals surface area contributed by atoms with Gasteiger partial charge in [0.25, 0.3) is 0 Å². The first-order chi connectivity index (χ1) is 64.7. The average molecular weight is 1820 g/mol. The van der Waals surface area contributed by atoms with Gasteiger partial charge in [-0.2, -0.15) is 5.10 Å². The molecular formula is C103H139N19O11. The Morgan fingerprint density at radius 3 is 1.53 bits per heavy atom. The number of furan rings is 1. The molecule has 6 aromatic heterocycles. The van der Waals surface area contributed by atoms with Gasteiger partial charge in [0.15, 0.2) is 29.1 Å². The number of anilines is 5. The number of benzene rings is 5. The Labute approximate surface area is 785 Å². The van der Waals surface area contributed by atoms with E-state index in [2.05, 4.69) is 112 Å². The van der Waals surface area contributed by atoms with Gasteiger partial charge in [0.05, 0.1) is 24.5 Å². The number of likely N-dealkylation sites (N-methyl/N-ethyl adjacent to an activating group) is 5. The third kappa shape index (κ3) is 30.3. The summed E-state index contributed by atoms with van der Waals surface area (Å²) in [5.74, 6) is 13.9. The predicted molar refractivity (Wildman–Crippen MR) is 530 cm³/mol. The smallest absolute Gasteiger partial charge is 0.164 e. The Balaban J connectivity index is 0.000000160. The van der Waals surface area contributed by atoms with Crippen LogP contribution in [0, 0.1) is 25.2 Å². The minimum absolute atomic E-state index is 0.185. The molecule has 0 saturated carbocycles. The number of piperidine rings is 2. The summed E-state index contributed by atoms with van der Waals surface area (Å²) in [5, 5.41) is 57.1. The number of aliphatic hydroxyl groups is 4. The number of para-hydroxylation sites is 1. The van der Waals surface area contributed by atoms with Gasteiger partial charge in [0.1, 0.15) is 114 Å². The Kier molecular flexibility index (Phi) is 39.5. The van der Waals surface area contributed by atoms with Crippen molar-refractivity contribution in [1.29, 1.82) is 0 Å². The highest BCUT2D eigenvalue weighted by Gasteiger charge is 2.29. The van der Waals surface area contributed by atoms with E-state index < -0.39 is 24.4 Å². The molecule has 712 valence electrons. The van der Waals surface area contributed by atoms with Crippen molar-refractivity contribution in [2.45, 2.75) is 161 Å². The number of nitrogens with one attached hydrogen (secondary N) is 4. The first-order valence-electron chi connectivity index (χ1n) is 47.3. The van der Waals surface area contributed by atoms with Gasteiger partial charge in [-0.3, -0.25) is 4.68 Å². The summed E-state index contributed by atoms with van der Waals surface area (Å²) < 4.78 is 42.5. The van der Waals surface area contributed by atoms with E-state index in [1.54, 1.807) is 14.1 Å². The van der Waals surface area contributed by atoms with Gasteiger partial charge in [-0.1, -0.05) is 100 Å².